The van der Waals surface area contributed by atoms with Crippen molar-refractivity contribution in [3.05, 3.63) is 35.1 Å². The molecule has 4 atom stereocenters. The van der Waals surface area contributed by atoms with E-state index < -0.39 is 0 Å². The van der Waals surface area contributed by atoms with E-state index in [0.717, 1.165) is 17.0 Å². The summed E-state index contributed by atoms with van der Waals surface area (Å²) in [7, 11) is 0. The van der Waals surface area contributed by atoms with Crippen LogP contribution in [-0.4, -0.2) is 30.6 Å². The average molecular weight is 262 g/mol. The number of hydrogen-bond acceptors (Lipinski definition) is 2. The summed E-state index contributed by atoms with van der Waals surface area (Å²) in [6.07, 6.45) is 2.54. The van der Waals surface area contributed by atoms with Crippen molar-refractivity contribution in [1.82, 2.24) is 10.2 Å². The molecular formula is C16H23FN2. The topological polar surface area (TPSA) is 15.3 Å². The van der Waals surface area contributed by atoms with Crippen molar-refractivity contribution in [1.29, 1.82) is 0 Å². The van der Waals surface area contributed by atoms with E-state index in [1.54, 1.807) is 6.07 Å². The number of fused-ring (bicyclic) bond motifs is 2. The first-order valence-corrected chi connectivity index (χ1v) is 7.38. The molecule has 1 aromatic rings. The molecule has 0 amide bonds. The van der Waals surface area contributed by atoms with E-state index in [1.807, 2.05) is 19.1 Å². The van der Waals surface area contributed by atoms with Crippen molar-refractivity contribution >= 4 is 0 Å². The summed E-state index contributed by atoms with van der Waals surface area (Å²) < 4.78 is 13.6. The van der Waals surface area contributed by atoms with Crippen LogP contribution in [-0.2, 0) is 0 Å². The number of hydrogen-bond donors (Lipinski definition) is 1. The summed E-state index contributed by atoms with van der Waals surface area (Å²) >= 11 is 0. The second-order valence-electron chi connectivity index (χ2n) is 6.14. The van der Waals surface area contributed by atoms with Gasteiger partial charge in [0.2, 0.25) is 0 Å². The fourth-order valence-corrected chi connectivity index (χ4v) is 3.47. The monoisotopic (exact) mass is 262 g/mol. The van der Waals surface area contributed by atoms with Crippen LogP contribution in [0.5, 0.6) is 0 Å². The fourth-order valence-electron chi connectivity index (χ4n) is 3.47. The van der Waals surface area contributed by atoms with Crippen molar-refractivity contribution in [3.63, 3.8) is 0 Å². The van der Waals surface area contributed by atoms with Crippen LogP contribution >= 0.6 is 0 Å². The number of piperidine rings is 1. The Labute approximate surface area is 115 Å². The van der Waals surface area contributed by atoms with Crippen molar-refractivity contribution in [2.75, 3.05) is 19.6 Å². The van der Waals surface area contributed by atoms with Gasteiger partial charge in [0.05, 0.1) is 0 Å². The van der Waals surface area contributed by atoms with E-state index in [2.05, 4.69) is 17.1 Å². The summed E-state index contributed by atoms with van der Waals surface area (Å²) in [6.45, 7) is 7.67. The summed E-state index contributed by atoms with van der Waals surface area (Å²) in [5.41, 5.74) is 1.78. The lowest BCUT2D eigenvalue weighted by Crippen LogP contribution is -2.44. The largest absolute Gasteiger partial charge is 0.307 e. The highest BCUT2D eigenvalue weighted by molar-refractivity contribution is 5.25. The quantitative estimate of drug-likeness (QED) is 0.901. The average Bonchev–Trinajstić information content (AvgIpc) is 2.79. The Bertz CT molecular complexity index is 460. The van der Waals surface area contributed by atoms with E-state index in [9.17, 15) is 4.39 Å². The van der Waals surface area contributed by atoms with Crippen molar-refractivity contribution in [2.45, 2.75) is 38.8 Å². The van der Waals surface area contributed by atoms with Crippen LogP contribution in [0.4, 0.5) is 4.39 Å². The molecule has 3 rings (SSSR count). The number of nitrogens with one attached hydrogen (secondary N) is 1. The van der Waals surface area contributed by atoms with E-state index in [0.29, 0.717) is 6.04 Å². The van der Waals surface area contributed by atoms with Gasteiger partial charge in [-0.05, 0) is 62.9 Å². The van der Waals surface area contributed by atoms with E-state index in [-0.39, 0.29) is 11.9 Å². The number of halogens is 1. The van der Waals surface area contributed by atoms with Crippen LogP contribution in [0, 0.1) is 18.7 Å². The molecule has 2 nitrogen and oxygen atoms in total. The molecule has 1 N–H and O–H groups in total. The molecule has 2 aliphatic heterocycles. The number of rotatable bonds is 3. The molecule has 0 saturated carbocycles. The highest BCUT2D eigenvalue weighted by Crippen LogP contribution is 2.29. The van der Waals surface area contributed by atoms with Crippen LogP contribution in [0.3, 0.4) is 0 Å². The molecule has 0 spiro atoms. The van der Waals surface area contributed by atoms with Gasteiger partial charge in [0.15, 0.2) is 0 Å². The molecule has 0 aromatic heterocycles. The number of aryl methyl sites for hydroxylation is 1. The summed E-state index contributed by atoms with van der Waals surface area (Å²) in [4.78, 5) is 2.55. The van der Waals surface area contributed by atoms with Gasteiger partial charge in [-0.25, -0.2) is 4.39 Å². The van der Waals surface area contributed by atoms with Gasteiger partial charge in [0.25, 0.3) is 0 Å². The molecule has 19 heavy (non-hydrogen) atoms. The van der Waals surface area contributed by atoms with Gasteiger partial charge in [0, 0.05) is 18.6 Å². The maximum Gasteiger partial charge on any atom is 0.126 e. The highest BCUT2D eigenvalue weighted by Gasteiger charge is 2.34. The van der Waals surface area contributed by atoms with Crippen molar-refractivity contribution in [2.24, 2.45) is 5.92 Å². The lowest BCUT2D eigenvalue weighted by Gasteiger charge is -2.33. The van der Waals surface area contributed by atoms with E-state index in [1.165, 1.54) is 32.5 Å². The van der Waals surface area contributed by atoms with E-state index in [4.69, 9.17) is 0 Å². The van der Waals surface area contributed by atoms with Crippen LogP contribution in [0.25, 0.3) is 0 Å². The first-order chi connectivity index (χ1) is 9.13. The lowest BCUT2D eigenvalue weighted by molar-refractivity contribution is 0.212. The maximum absolute atomic E-state index is 13.6. The molecule has 0 aliphatic carbocycles. The molecule has 2 aliphatic rings. The molecule has 2 fully saturated rings. The Kier molecular flexibility index (Phi) is 3.59. The number of nitrogens with zero attached hydrogens (tertiary/aromatic N) is 1. The molecular weight excluding hydrogens is 239 g/mol. The summed E-state index contributed by atoms with van der Waals surface area (Å²) in [6, 6.07) is 6.42. The Morgan fingerprint density at radius 3 is 2.89 bits per heavy atom. The van der Waals surface area contributed by atoms with Crippen LogP contribution < -0.4 is 5.32 Å². The molecule has 4 unspecified atom stereocenters. The Morgan fingerprint density at radius 2 is 2.11 bits per heavy atom. The Morgan fingerprint density at radius 1 is 1.32 bits per heavy atom. The summed E-state index contributed by atoms with van der Waals surface area (Å²) in [5, 5.41) is 3.72. The lowest BCUT2D eigenvalue weighted by atomic mass is 9.92. The van der Waals surface area contributed by atoms with Crippen molar-refractivity contribution in [3.8, 4) is 0 Å². The maximum atomic E-state index is 13.6. The zero-order valence-electron chi connectivity index (χ0n) is 11.8. The van der Waals surface area contributed by atoms with Gasteiger partial charge in [-0.3, -0.25) is 0 Å². The highest BCUT2D eigenvalue weighted by atomic mass is 19.1. The minimum atomic E-state index is -0.0955. The molecule has 104 valence electrons. The normalized spacial score (nSPS) is 31.4. The molecule has 3 heteroatoms. The minimum Gasteiger partial charge on any atom is -0.307 e. The van der Waals surface area contributed by atoms with Gasteiger partial charge in [-0.1, -0.05) is 12.1 Å². The molecule has 1 aromatic carbocycles. The Balaban J connectivity index is 1.67. The fraction of sp³-hybridized carbons (Fsp3) is 0.625. The third-order valence-electron chi connectivity index (χ3n) is 4.79. The van der Waals surface area contributed by atoms with Gasteiger partial charge in [0.1, 0.15) is 5.82 Å². The van der Waals surface area contributed by atoms with Gasteiger partial charge >= 0.3 is 0 Å². The minimum absolute atomic E-state index is 0.0955. The number of benzene rings is 1. The van der Waals surface area contributed by atoms with Crippen molar-refractivity contribution < 1.29 is 4.39 Å². The summed E-state index contributed by atoms with van der Waals surface area (Å²) in [5.74, 6) is 0.688. The molecule has 2 heterocycles. The predicted molar refractivity (Wildman–Crippen MR) is 75.6 cm³/mol. The second kappa shape index (κ2) is 5.22. The Hall–Kier alpha value is -0.930. The smallest absolute Gasteiger partial charge is 0.126 e. The van der Waals surface area contributed by atoms with Gasteiger partial charge in [-0.15, -0.1) is 0 Å². The van der Waals surface area contributed by atoms with Crippen LogP contribution in [0.15, 0.2) is 18.2 Å². The second-order valence-corrected chi connectivity index (χ2v) is 6.14. The van der Waals surface area contributed by atoms with Gasteiger partial charge in [-0.2, -0.15) is 0 Å². The van der Waals surface area contributed by atoms with Crippen LogP contribution in [0.2, 0.25) is 0 Å². The SMILES string of the molecule is Cc1ccc(C(C)NC2CCN3CCC2C3)cc1F. The molecule has 0 radical (unpaired) electrons. The zero-order chi connectivity index (χ0) is 13.4. The third-order valence-corrected chi connectivity index (χ3v) is 4.79. The first-order valence-electron chi connectivity index (χ1n) is 7.38. The predicted octanol–water partition coefficient (Wildman–Crippen LogP) is 2.88. The van der Waals surface area contributed by atoms with Crippen LogP contribution in [0.1, 0.15) is 36.9 Å². The third kappa shape index (κ3) is 2.67. The van der Waals surface area contributed by atoms with Gasteiger partial charge < -0.3 is 10.2 Å². The zero-order valence-corrected chi connectivity index (χ0v) is 11.8. The molecule has 2 saturated heterocycles. The first kappa shape index (κ1) is 13.1. The van der Waals surface area contributed by atoms with E-state index >= 15 is 0 Å². The standard InChI is InChI=1S/C16H23FN2/c1-11-3-4-13(9-15(11)17)12(2)18-16-6-8-19-7-5-14(16)10-19/h3-4,9,12,14,16,18H,5-8,10H2,1-2H3. The molecule has 2 bridgehead atoms.